The molecule has 0 unspecified atom stereocenters. The van der Waals surface area contributed by atoms with Crippen LogP contribution in [0.5, 0.6) is 0 Å². The molecular formula is C16H19N3O2S. The van der Waals surface area contributed by atoms with Crippen LogP contribution in [0, 0.1) is 0 Å². The number of nitrogens with zero attached hydrogens (tertiary/aromatic N) is 3. The van der Waals surface area contributed by atoms with Gasteiger partial charge in [-0.3, -0.25) is 9.78 Å². The highest BCUT2D eigenvalue weighted by Gasteiger charge is 2.30. The number of rotatable bonds is 6. The molecule has 6 heteroatoms. The Morgan fingerprint density at radius 1 is 1.36 bits per heavy atom. The van der Waals surface area contributed by atoms with E-state index in [2.05, 4.69) is 21.9 Å². The summed E-state index contributed by atoms with van der Waals surface area (Å²) in [6.45, 7) is 5.45. The number of pyridine rings is 1. The molecule has 2 aromatic heterocycles. The van der Waals surface area contributed by atoms with Gasteiger partial charge in [-0.1, -0.05) is 13.3 Å². The number of carboxylic acid groups (broad SMARTS) is 1. The van der Waals surface area contributed by atoms with Crippen molar-refractivity contribution in [2.45, 2.75) is 43.3 Å². The minimum Gasteiger partial charge on any atom is -0.480 e. The van der Waals surface area contributed by atoms with Crippen LogP contribution in [0.1, 0.15) is 32.9 Å². The molecule has 0 bridgehead atoms. The molecule has 0 aromatic carbocycles. The van der Waals surface area contributed by atoms with Gasteiger partial charge in [0.1, 0.15) is 11.1 Å². The van der Waals surface area contributed by atoms with Crippen molar-refractivity contribution in [3.63, 3.8) is 0 Å². The van der Waals surface area contributed by atoms with Gasteiger partial charge in [-0.05, 0) is 32.4 Å². The summed E-state index contributed by atoms with van der Waals surface area (Å²) in [5, 5.41) is 9.31. The molecule has 22 heavy (non-hydrogen) atoms. The lowest BCUT2D eigenvalue weighted by Crippen LogP contribution is -2.27. The van der Waals surface area contributed by atoms with Gasteiger partial charge in [-0.2, -0.15) is 0 Å². The maximum absolute atomic E-state index is 11.3. The Kier molecular flexibility index (Phi) is 5.13. The van der Waals surface area contributed by atoms with E-state index in [4.69, 9.17) is 0 Å². The number of carboxylic acids is 1. The highest BCUT2D eigenvalue weighted by atomic mass is 32.2. The van der Waals surface area contributed by atoms with Crippen LogP contribution < -0.4 is 0 Å². The summed E-state index contributed by atoms with van der Waals surface area (Å²) in [5.41, 5.74) is 2.69. The maximum atomic E-state index is 11.3. The van der Waals surface area contributed by atoms with E-state index >= 15 is 0 Å². The lowest BCUT2D eigenvalue weighted by atomic mass is 10.1. The van der Waals surface area contributed by atoms with Gasteiger partial charge in [0.2, 0.25) is 0 Å². The van der Waals surface area contributed by atoms with Gasteiger partial charge in [-0.25, -0.2) is 9.97 Å². The second kappa shape index (κ2) is 6.87. The zero-order valence-corrected chi connectivity index (χ0v) is 13.7. The van der Waals surface area contributed by atoms with E-state index in [1.54, 1.807) is 26.2 Å². The number of aromatic nitrogens is 3. The molecule has 0 atom stereocenters. The number of aryl methyl sites for hydroxylation is 1. The van der Waals surface area contributed by atoms with E-state index in [1.807, 2.05) is 12.1 Å². The van der Waals surface area contributed by atoms with Crippen LogP contribution in [0.2, 0.25) is 0 Å². The van der Waals surface area contributed by atoms with E-state index in [1.165, 1.54) is 18.1 Å². The van der Waals surface area contributed by atoms with Crippen molar-refractivity contribution in [2.24, 2.45) is 0 Å². The lowest BCUT2D eigenvalue weighted by molar-refractivity contribution is -0.138. The van der Waals surface area contributed by atoms with Gasteiger partial charge in [0.15, 0.2) is 0 Å². The topological polar surface area (TPSA) is 76.0 Å². The molecule has 0 aliphatic rings. The van der Waals surface area contributed by atoms with Crippen molar-refractivity contribution >= 4 is 17.7 Å². The monoisotopic (exact) mass is 317 g/mol. The van der Waals surface area contributed by atoms with E-state index in [0.717, 1.165) is 34.7 Å². The van der Waals surface area contributed by atoms with Gasteiger partial charge in [-0.15, -0.1) is 11.8 Å². The molecule has 0 aliphatic heterocycles. The predicted molar refractivity (Wildman–Crippen MR) is 86.8 cm³/mol. The first-order chi connectivity index (χ1) is 10.4. The fourth-order valence-corrected chi connectivity index (χ4v) is 2.96. The summed E-state index contributed by atoms with van der Waals surface area (Å²) in [7, 11) is 0. The third-order valence-corrected chi connectivity index (χ3v) is 4.36. The summed E-state index contributed by atoms with van der Waals surface area (Å²) in [6, 6.07) is 3.89. The molecule has 1 N–H and O–H groups in total. The highest BCUT2D eigenvalue weighted by molar-refractivity contribution is 8.01. The van der Waals surface area contributed by atoms with Crippen LogP contribution in [0.3, 0.4) is 0 Å². The molecule has 2 aromatic rings. The Labute approximate surface area is 134 Å². The smallest absolute Gasteiger partial charge is 0.319 e. The van der Waals surface area contributed by atoms with Crippen LogP contribution in [-0.2, 0) is 11.2 Å². The summed E-state index contributed by atoms with van der Waals surface area (Å²) < 4.78 is -0.946. The first kappa shape index (κ1) is 16.4. The summed E-state index contributed by atoms with van der Waals surface area (Å²) in [6.07, 6.45) is 6.83. The van der Waals surface area contributed by atoms with Crippen LogP contribution in [0.4, 0.5) is 0 Å². The molecule has 2 heterocycles. The molecule has 0 radical (unpaired) electrons. The Balaban J connectivity index is 2.40. The van der Waals surface area contributed by atoms with Crippen LogP contribution in [0.15, 0.2) is 35.7 Å². The quantitative estimate of drug-likeness (QED) is 0.822. The zero-order chi connectivity index (χ0) is 16.2. The predicted octanol–water partition coefficient (Wildman–Crippen LogP) is 3.45. The molecule has 116 valence electrons. The number of aliphatic carboxylic acids is 1. The van der Waals surface area contributed by atoms with Crippen molar-refractivity contribution in [2.75, 3.05) is 0 Å². The molecule has 0 saturated heterocycles. The zero-order valence-electron chi connectivity index (χ0n) is 12.9. The molecule has 0 aliphatic carbocycles. The second-order valence-electron chi connectivity index (χ2n) is 5.44. The molecule has 5 nitrogen and oxygen atoms in total. The van der Waals surface area contributed by atoms with Crippen LogP contribution in [0.25, 0.3) is 11.3 Å². The SMILES string of the molecule is CCCc1cc(-c2ncncc2SC(C)(C)C(=O)O)ccn1. The molecule has 0 amide bonds. The van der Waals surface area contributed by atoms with E-state index in [0.29, 0.717) is 0 Å². The minimum absolute atomic E-state index is 0.745. The van der Waals surface area contributed by atoms with Crippen LogP contribution >= 0.6 is 11.8 Å². The van der Waals surface area contributed by atoms with Crippen molar-refractivity contribution in [3.8, 4) is 11.3 Å². The first-order valence-electron chi connectivity index (χ1n) is 7.11. The average Bonchev–Trinajstić information content (AvgIpc) is 2.48. The van der Waals surface area contributed by atoms with Gasteiger partial charge in [0.05, 0.1) is 10.6 Å². The Hall–Kier alpha value is -1.95. The van der Waals surface area contributed by atoms with Crippen molar-refractivity contribution in [1.29, 1.82) is 0 Å². The van der Waals surface area contributed by atoms with E-state index in [9.17, 15) is 9.90 Å². The molecule has 2 rings (SSSR count). The van der Waals surface area contributed by atoms with Crippen molar-refractivity contribution in [3.05, 3.63) is 36.5 Å². The molecule has 0 fully saturated rings. The normalized spacial score (nSPS) is 11.4. The largest absolute Gasteiger partial charge is 0.480 e. The number of thioether (sulfide) groups is 1. The number of hydrogen-bond acceptors (Lipinski definition) is 5. The molecule has 0 spiro atoms. The maximum Gasteiger partial charge on any atom is 0.319 e. The Morgan fingerprint density at radius 2 is 2.14 bits per heavy atom. The summed E-state index contributed by atoms with van der Waals surface area (Å²) in [5.74, 6) is -0.867. The fraction of sp³-hybridized carbons (Fsp3) is 0.375. The van der Waals surface area contributed by atoms with Gasteiger partial charge in [0, 0.05) is 23.7 Å². The van der Waals surface area contributed by atoms with E-state index < -0.39 is 10.7 Å². The van der Waals surface area contributed by atoms with E-state index in [-0.39, 0.29) is 0 Å². The summed E-state index contributed by atoms with van der Waals surface area (Å²) in [4.78, 5) is 24.8. The van der Waals surface area contributed by atoms with Gasteiger partial charge >= 0.3 is 5.97 Å². The highest BCUT2D eigenvalue weighted by Crippen LogP contribution is 2.37. The minimum atomic E-state index is -0.946. The standard InChI is InChI=1S/C16H19N3O2S/c1-4-5-12-8-11(6-7-18-12)14-13(9-17-10-19-14)22-16(2,3)15(20)21/h6-10H,4-5H2,1-3H3,(H,20,21). The van der Waals surface area contributed by atoms with Crippen LogP contribution in [-0.4, -0.2) is 30.8 Å². The van der Waals surface area contributed by atoms with Crippen molar-refractivity contribution in [1.82, 2.24) is 15.0 Å². The third kappa shape index (κ3) is 3.82. The second-order valence-corrected chi connectivity index (χ2v) is 7.10. The Bertz CT molecular complexity index is 674. The van der Waals surface area contributed by atoms with Crippen molar-refractivity contribution < 1.29 is 9.90 Å². The third-order valence-electron chi connectivity index (χ3n) is 3.15. The van der Waals surface area contributed by atoms with Gasteiger partial charge in [0.25, 0.3) is 0 Å². The number of carbonyl (C=O) groups is 1. The fourth-order valence-electron chi connectivity index (χ4n) is 1.95. The Morgan fingerprint density at radius 3 is 2.82 bits per heavy atom. The number of hydrogen-bond donors (Lipinski definition) is 1. The first-order valence-corrected chi connectivity index (χ1v) is 7.93. The van der Waals surface area contributed by atoms with Gasteiger partial charge < -0.3 is 5.11 Å². The average molecular weight is 317 g/mol. The lowest BCUT2D eigenvalue weighted by Gasteiger charge is -2.19. The summed E-state index contributed by atoms with van der Waals surface area (Å²) >= 11 is 1.25. The molecule has 0 saturated carbocycles. The molecular weight excluding hydrogens is 298 g/mol.